The van der Waals surface area contributed by atoms with E-state index in [0.717, 1.165) is 11.4 Å². The van der Waals surface area contributed by atoms with E-state index in [2.05, 4.69) is 15.6 Å². The molecular weight excluding hydrogens is 297 g/mol. The van der Waals surface area contributed by atoms with E-state index in [-0.39, 0.29) is 0 Å². The van der Waals surface area contributed by atoms with Gasteiger partial charge in [0.2, 0.25) is 0 Å². The van der Waals surface area contributed by atoms with E-state index in [0.29, 0.717) is 28.3 Å². The smallest absolute Gasteiger partial charge is 0.151 e. The highest BCUT2D eigenvalue weighted by Crippen LogP contribution is 2.31. The maximum absolute atomic E-state index is 6.13. The largest absolute Gasteiger partial charge is 0.494 e. The molecule has 1 heterocycles. The van der Waals surface area contributed by atoms with Crippen molar-refractivity contribution in [2.75, 3.05) is 24.3 Å². The number of benzene rings is 1. The van der Waals surface area contributed by atoms with E-state index in [4.69, 9.17) is 27.9 Å². The zero-order valence-electron chi connectivity index (χ0n) is 11.2. The maximum atomic E-state index is 6.13. The van der Waals surface area contributed by atoms with Crippen LogP contribution in [0.25, 0.3) is 0 Å². The number of pyridine rings is 1. The van der Waals surface area contributed by atoms with Crippen molar-refractivity contribution in [1.29, 1.82) is 0 Å². The first-order valence-electron chi connectivity index (χ1n) is 6.17. The molecule has 0 unspecified atom stereocenters. The summed E-state index contributed by atoms with van der Waals surface area (Å²) in [5.41, 5.74) is 0.868. The Kier molecular flexibility index (Phi) is 4.93. The fourth-order valence-electron chi connectivity index (χ4n) is 1.67. The third kappa shape index (κ3) is 3.46. The van der Waals surface area contributed by atoms with Gasteiger partial charge in [0, 0.05) is 12.7 Å². The van der Waals surface area contributed by atoms with Gasteiger partial charge < -0.3 is 15.4 Å². The molecule has 0 bridgehead atoms. The molecule has 6 heteroatoms. The zero-order valence-corrected chi connectivity index (χ0v) is 12.7. The highest BCUT2D eigenvalue weighted by molar-refractivity contribution is 6.37. The normalized spacial score (nSPS) is 10.2. The summed E-state index contributed by atoms with van der Waals surface area (Å²) < 4.78 is 5.39. The first-order chi connectivity index (χ1) is 9.63. The average Bonchev–Trinajstić information content (AvgIpc) is 2.44. The van der Waals surface area contributed by atoms with E-state index >= 15 is 0 Å². The number of rotatable bonds is 5. The summed E-state index contributed by atoms with van der Waals surface area (Å²) in [5.74, 6) is 1.94. The van der Waals surface area contributed by atoms with Crippen LogP contribution in [0.1, 0.15) is 6.92 Å². The Balaban J connectivity index is 2.21. The molecule has 0 aliphatic carbocycles. The number of hydrogen-bond acceptors (Lipinski definition) is 4. The molecule has 0 amide bonds. The van der Waals surface area contributed by atoms with Gasteiger partial charge in [0.25, 0.3) is 0 Å². The van der Waals surface area contributed by atoms with Crippen LogP contribution in [0.5, 0.6) is 5.75 Å². The molecule has 0 aliphatic rings. The van der Waals surface area contributed by atoms with Crippen molar-refractivity contribution in [2.24, 2.45) is 0 Å². The Morgan fingerprint density at radius 2 is 1.75 bits per heavy atom. The molecule has 2 N–H and O–H groups in total. The first kappa shape index (κ1) is 14.8. The summed E-state index contributed by atoms with van der Waals surface area (Å²) in [5, 5.41) is 7.00. The minimum absolute atomic E-state index is 0.461. The molecule has 0 fully saturated rings. The fourth-order valence-corrected chi connectivity index (χ4v) is 2.17. The van der Waals surface area contributed by atoms with E-state index in [1.807, 2.05) is 31.2 Å². The zero-order chi connectivity index (χ0) is 14.5. The van der Waals surface area contributed by atoms with Gasteiger partial charge in [0.15, 0.2) is 5.82 Å². The van der Waals surface area contributed by atoms with Gasteiger partial charge in [-0.2, -0.15) is 0 Å². The monoisotopic (exact) mass is 311 g/mol. The molecule has 2 aromatic rings. The van der Waals surface area contributed by atoms with Crippen molar-refractivity contribution in [3.05, 3.63) is 40.4 Å². The van der Waals surface area contributed by atoms with Crippen LogP contribution in [0.3, 0.4) is 0 Å². The summed E-state index contributed by atoms with van der Waals surface area (Å²) in [7, 11) is 1.75. The molecule has 0 atom stereocenters. The van der Waals surface area contributed by atoms with Crippen LogP contribution < -0.4 is 15.4 Å². The van der Waals surface area contributed by atoms with E-state index < -0.39 is 0 Å². The van der Waals surface area contributed by atoms with Crippen molar-refractivity contribution in [1.82, 2.24) is 4.98 Å². The second-order valence-electron chi connectivity index (χ2n) is 3.98. The standard InChI is InChI=1S/C14H15Cl2N3O/c1-3-20-10-6-4-9(5-7-10)18-14-12(16)8-11(15)13(17-2)19-14/h4-8H,3H2,1-2H3,(H2,17,18,19). The van der Waals surface area contributed by atoms with E-state index in [1.54, 1.807) is 13.1 Å². The molecule has 0 radical (unpaired) electrons. The van der Waals surface area contributed by atoms with Crippen molar-refractivity contribution in [2.45, 2.75) is 6.92 Å². The summed E-state index contributed by atoms with van der Waals surface area (Å²) in [4.78, 5) is 4.33. The highest BCUT2D eigenvalue weighted by Gasteiger charge is 2.08. The predicted octanol–water partition coefficient (Wildman–Crippen LogP) is 4.57. The van der Waals surface area contributed by atoms with Gasteiger partial charge in [-0.05, 0) is 37.3 Å². The first-order valence-corrected chi connectivity index (χ1v) is 6.93. The Morgan fingerprint density at radius 3 is 2.35 bits per heavy atom. The van der Waals surface area contributed by atoms with Crippen molar-refractivity contribution in [3.8, 4) is 5.75 Å². The van der Waals surface area contributed by atoms with Crippen LogP contribution in [0.2, 0.25) is 10.0 Å². The van der Waals surface area contributed by atoms with Crippen LogP contribution >= 0.6 is 23.2 Å². The topological polar surface area (TPSA) is 46.2 Å². The molecule has 1 aromatic heterocycles. The van der Waals surface area contributed by atoms with Gasteiger partial charge >= 0.3 is 0 Å². The SMILES string of the molecule is CCOc1ccc(Nc2nc(NC)c(Cl)cc2Cl)cc1. The van der Waals surface area contributed by atoms with Crippen LogP contribution in [0.4, 0.5) is 17.3 Å². The van der Waals surface area contributed by atoms with Gasteiger partial charge in [0.1, 0.15) is 11.6 Å². The quantitative estimate of drug-likeness (QED) is 0.849. The van der Waals surface area contributed by atoms with Crippen LogP contribution in [-0.2, 0) is 0 Å². The summed E-state index contributed by atoms with van der Waals surface area (Å²) in [6.45, 7) is 2.59. The van der Waals surface area contributed by atoms with Gasteiger partial charge in [-0.1, -0.05) is 23.2 Å². The minimum atomic E-state index is 0.461. The molecule has 1 aromatic carbocycles. The summed E-state index contributed by atoms with van der Waals surface area (Å²) in [6, 6.07) is 9.22. The molecule has 4 nitrogen and oxygen atoms in total. The Morgan fingerprint density at radius 1 is 1.10 bits per heavy atom. The number of nitrogens with zero attached hydrogens (tertiary/aromatic N) is 1. The number of halogens is 2. The maximum Gasteiger partial charge on any atom is 0.151 e. The molecule has 20 heavy (non-hydrogen) atoms. The third-order valence-electron chi connectivity index (χ3n) is 2.59. The Hall–Kier alpha value is -1.65. The molecule has 2 rings (SSSR count). The second-order valence-corrected chi connectivity index (χ2v) is 4.80. The fraction of sp³-hybridized carbons (Fsp3) is 0.214. The van der Waals surface area contributed by atoms with Gasteiger partial charge in [-0.15, -0.1) is 0 Å². The summed E-state index contributed by atoms with van der Waals surface area (Å²) >= 11 is 12.1. The number of anilines is 3. The lowest BCUT2D eigenvalue weighted by molar-refractivity contribution is 0.340. The van der Waals surface area contributed by atoms with E-state index in [9.17, 15) is 0 Å². The second kappa shape index (κ2) is 6.68. The minimum Gasteiger partial charge on any atom is -0.494 e. The number of aromatic nitrogens is 1. The molecule has 0 spiro atoms. The van der Waals surface area contributed by atoms with Crippen molar-refractivity contribution >= 4 is 40.5 Å². The predicted molar refractivity (Wildman–Crippen MR) is 84.7 cm³/mol. The Bertz CT molecular complexity index is 588. The van der Waals surface area contributed by atoms with Crippen LogP contribution in [-0.4, -0.2) is 18.6 Å². The van der Waals surface area contributed by atoms with Crippen molar-refractivity contribution in [3.63, 3.8) is 0 Å². The molecule has 106 valence electrons. The number of nitrogens with one attached hydrogen (secondary N) is 2. The molecule has 0 saturated carbocycles. The molecule has 0 aliphatic heterocycles. The van der Waals surface area contributed by atoms with E-state index in [1.165, 1.54) is 0 Å². The highest BCUT2D eigenvalue weighted by atomic mass is 35.5. The number of ether oxygens (including phenoxy) is 1. The average molecular weight is 312 g/mol. The lowest BCUT2D eigenvalue weighted by Gasteiger charge is -2.11. The van der Waals surface area contributed by atoms with Gasteiger partial charge in [-0.3, -0.25) is 0 Å². The third-order valence-corrected chi connectivity index (χ3v) is 3.17. The lowest BCUT2D eigenvalue weighted by atomic mass is 10.3. The number of hydrogen-bond donors (Lipinski definition) is 2. The summed E-state index contributed by atoms with van der Waals surface area (Å²) in [6.07, 6.45) is 0. The molecule has 0 saturated heterocycles. The van der Waals surface area contributed by atoms with Gasteiger partial charge in [-0.25, -0.2) is 4.98 Å². The van der Waals surface area contributed by atoms with Crippen LogP contribution in [0, 0.1) is 0 Å². The van der Waals surface area contributed by atoms with Gasteiger partial charge in [0.05, 0.1) is 16.7 Å². The lowest BCUT2D eigenvalue weighted by Crippen LogP contribution is -2.00. The Labute approximate surface area is 128 Å². The molecular formula is C14H15Cl2N3O. The van der Waals surface area contributed by atoms with Crippen molar-refractivity contribution < 1.29 is 4.74 Å². The van der Waals surface area contributed by atoms with Crippen LogP contribution in [0.15, 0.2) is 30.3 Å².